The van der Waals surface area contributed by atoms with Gasteiger partial charge in [-0.2, -0.15) is 0 Å². The summed E-state index contributed by atoms with van der Waals surface area (Å²) in [5, 5.41) is 0. The second-order valence-corrected chi connectivity index (χ2v) is 14.1. The minimum absolute atomic E-state index is 0.106. The van der Waals surface area contributed by atoms with E-state index in [2.05, 4.69) is 209 Å². The van der Waals surface area contributed by atoms with Crippen LogP contribution in [0.25, 0.3) is 11.1 Å². The highest BCUT2D eigenvalue weighted by Crippen LogP contribution is 2.49. The third-order valence-corrected chi connectivity index (χ3v) is 11.4. The van der Waals surface area contributed by atoms with E-state index in [0.717, 1.165) is 11.4 Å². The first-order valence-electron chi connectivity index (χ1n) is 18.2. The van der Waals surface area contributed by atoms with E-state index in [1.807, 2.05) is 0 Å². The molecule has 2 unspecified atom stereocenters. The molecule has 4 heteroatoms. The maximum Gasteiger partial charge on any atom is 0.252 e. The van der Waals surface area contributed by atoms with Crippen molar-refractivity contribution in [3.05, 3.63) is 200 Å². The number of fused-ring (bicyclic) bond motifs is 7. The third kappa shape index (κ3) is 4.28. The van der Waals surface area contributed by atoms with Crippen LogP contribution in [0.2, 0.25) is 0 Å². The fourth-order valence-corrected chi connectivity index (χ4v) is 9.18. The van der Waals surface area contributed by atoms with E-state index in [4.69, 9.17) is 0 Å². The lowest BCUT2D eigenvalue weighted by molar-refractivity contribution is 0.745. The second-order valence-electron chi connectivity index (χ2n) is 14.1. The van der Waals surface area contributed by atoms with Gasteiger partial charge in [-0.25, -0.2) is 0 Å². The normalized spacial score (nSPS) is 17.3. The van der Waals surface area contributed by atoms with Gasteiger partial charge in [-0.3, -0.25) is 0 Å². The number of allylic oxidation sites excluding steroid dienone is 2. The van der Waals surface area contributed by atoms with E-state index in [9.17, 15) is 0 Å². The molecule has 52 heavy (non-hydrogen) atoms. The molecule has 2 atom stereocenters. The van der Waals surface area contributed by atoms with Crippen LogP contribution in [-0.2, 0) is 0 Å². The van der Waals surface area contributed by atoms with Crippen molar-refractivity contribution in [2.45, 2.75) is 12.0 Å². The first-order valence-corrected chi connectivity index (χ1v) is 18.2. The summed E-state index contributed by atoms with van der Waals surface area (Å²) >= 11 is 0. The molecule has 4 aliphatic rings. The van der Waals surface area contributed by atoms with Gasteiger partial charge in [0.15, 0.2) is 0 Å². The van der Waals surface area contributed by atoms with Gasteiger partial charge < -0.3 is 14.7 Å². The Hall–Kier alpha value is -6.52. The SMILES string of the molecule is C1=CC2c3ccccc3N(c3ccc(-c4cc5c6c(c4)N(c4ccccc4)c4ccccc4B6c4ccccc4N5c4ccccc4)cc3)C2C=C1. The van der Waals surface area contributed by atoms with Crippen LogP contribution in [0.15, 0.2) is 194 Å². The number of benzene rings is 7. The van der Waals surface area contributed by atoms with E-state index in [-0.39, 0.29) is 12.8 Å². The Morgan fingerprint density at radius 2 is 0.923 bits per heavy atom. The molecule has 0 aromatic heterocycles. The number of nitrogens with zero attached hydrogens (tertiary/aromatic N) is 3. The summed E-state index contributed by atoms with van der Waals surface area (Å²) in [6.07, 6.45) is 9.06. The van der Waals surface area contributed by atoms with Crippen molar-refractivity contribution in [1.29, 1.82) is 0 Å². The molecule has 7 aromatic rings. The van der Waals surface area contributed by atoms with Gasteiger partial charge in [-0.05, 0) is 99.8 Å². The highest BCUT2D eigenvalue weighted by molar-refractivity contribution is 7.00. The zero-order valence-electron chi connectivity index (χ0n) is 28.5. The van der Waals surface area contributed by atoms with Crippen LogP contribution in [-0.4, -0.2) is 12.8 Å². The zero-order valence-corrected chi connectivity index (χ0v) is 28.5. The van der Waals surface area contributed by atoms with Crippen molar-refractivity contribution in [3.63, 3.8) is 0 Å². The van der Waals surface area contributed by atoms with E-state index < -0.39 is 0 Å². The van der Waals surface area contributed by atoms with Gasteiger partial charge in [0.25, 0.3) is 6.71 Å². The van der Waals surface area contributed by atoms with Crippen LogP contribution in [0, 0.1) is 0 Å². The van der Waals surface area contributed by atoms with Gasteiger partial charge in [0.1, 0.15) is 0 Å². The summed E-state index contributed by atoms with van der Waals surface area (Å²) in [7, 11) is 0. The van der Waals surface area contributed by atoms with E-state index in [1.54, 1.807) is 0 Å². The molecule has 244 valence electrons. The van der Waals surface area contributed by atoms with Crippen molar-refractivity contribution in [1.82, 2.24) is 0 Å². The fourth-order valence-electron chi connectivity index (χ4n) is 9.18. The number of para-hydroxylation sites is 5. The monoisotopic (exact) mass is 663 g/mol. The molecule has 0 radical (unpaired) electrons. The molecule has 1 aliphatic carbocycles. The average Bonchev–Trinajstić information content (AvgIpc) is 3.55. The number of hydrogen-bond acceptors (Lipinski definition) is 3. The highest BCUT2D eigenvalue weighted by atomic mass is 15.2. The van der Waals surface area contributed by atoms with Gasteiger partial charge in [-0.1, -0.05) is 127 Å². The highest BCUT2D eigenvalue weighted by Gasteiger charge is 2.43. The second kappa shape index (κ2) is 11.5. The summed E-state index contributed by atoms with van der Waals surface area (Å²) in [6, 6.07) is 62.9. The summed E-state index contributed by atoms with van der Waals surface area (Å²) in [5.41, 5.74) is 17.5. The van der Waals surface area contributed by atoms with Crippen molar-refractivity contribution in [2.75, 3.05) is 14.7 Å². The minimum atomic E-state index is 0.106. The molecule has 3 aliphatic heterocycles. The largest absolute Gasteiger partial charge is 0.333 e. The first kappa shape index (κ1) is 29.2. The Labute approximate surface area is 305 Å². The number of rotatable bonds is 4. The topological polar surface area (TPSA) is 9.72 Å². The molecule has 0 saturated heterocycles. The molecule has 0 fully saturated rings. The lowest BCUT2D eigenvalue weighted by atomic mass is 9.33. The molecule has 0 N–H and O–H groups in total. The predicted molar refractivity (Wildman–Crippen MR) is 219 cm³/mol. The molecule has 11 rings (SSSR count). The third-order valence-electron chi connectivity index (χ3n) is 11.4. The van der Waals surface area contributed by atoms with Gasteiger partial charge in [-0.15, -0.1) is 0 Å². The van der Waals surface area contributed by atoms with Crippen LogP contribution < -0.4 is 31.1 Å². The predicted octanol–water partition coefficient (Wildman–Crippen LogP) is 10.2. The summed E-state index contributed by atoms with van der Waals surface area (Å²) < 4.78 is 0. The summed E-state index contributed by atoms with van der Waals surface area (Å²) in [6.45, 7) is 0.106. The van der Waals surface area contributed by atoms with E-state index >= 15 is 0 Å². The van der Waals surface area contributed by atoms with Crippen molar-refractivity contribution in [3.8, 4) is 11.1 Å². The van der Waals surface area contributed by atoms with E-state index in [1.165, 1.54) is 67.2 Å². The van der Waals surface area contributed by atoms with Gasteiger partial charge in [0, 0.05) is 51.4 Å². The standard InChI is InChI=1S/C48H34BN3/c1-3-15-35(16-4-1)51-44-25-13-9-21-40(44)49-41-22-10-14-26-45(41)52(36-17-5-2-6-18-36)47-32-34(31-46(51)48(47)49)33-27-29-37(30-28-33)50-42-23-11-7-19-38(42)39-20-8-12-24-43(39)50/h1-32,38,42H. The minimum Gasteiger partial charge on any atom is -0.333 e. The smallest absolute Gasteiger partial charge is 0.252 e. The van der Waals surface area contributed by atoms with Crippen LogP contribution in [0.1, 0.15) is 11.5 Å². The molecular weight excluding hydrogens is 629 g/mol. The maximum atomic E-state index is 2.51. The molecule has 0 saturated carbocycles. The maximum absolute atomic E-state index is 2.51. The Morgan fingerprint density at radius 3 is 1.54 bits per heavy atom. The van der Waals surface area contributed by atoms with Gasteiger partial charge in [0.2, 0.25) is 0 Å². The number of hydrogen-bond donors (Lipinski definition) is 0. The lowest BCUT2D eigenvalue weighted by Crippen LogP contribution is -2.61. The molecule has 0 amide bonds. The van der Waals surface area contributed by atoms with E-state index in [0.29, 0.717) is 5.92 Å². The van der Waals surface area contributed by atoms with Gasteiger partial charge in [0.05, 0.1) is 6.04 Å². The molecule has 3 nitrogen and oxygen atoms in total. The van der Waals surface area contributed by atoms with Gasteiger partial charge >= 0.3 is 0 Å². The molecule has 0 spiro atoms. The summed E-state index contributed by atoms with van der Waals surface area (Å²) in [5.74, 6) is 0.362. The average molecular weight is 664 g/mol. The Kier molecular flexibility index (Phi) is 6.47. The first-order chi connectivity index (χ1) is 25.8. The Balaban J connectivity index is 1.13. The van der Waals surface area contributed by atoms with Crippen LogP contribution >= 0.6 is 0 Å². The zero-order chi connectivity index (χ0) is 34.2. The van der Waals surface area contributed by atoms with Crippen molar-refractivity contribution in [2.24, 2.45) is 0 Å². The van der Waals surface area contributed by atoms with Crippen LogP contribution in [0.3, 0.4) is 0 Å². The van der Waals surface area contributed by atoms with Crippen LogP contribution in [0.5, 0.6) is 0 Å². The number of anilines is 8. The Bertz CT molecular complexity index is 2450. The molecule has 0 bridgehead atoms. The van der Waals surface area contributed by atoms with Crippen molar-refractivity contribution >= 4 is 68.6 Å². The Morgan fingerprint density at radius 1 is 0.404 bits per heavy atom. The fraction of sp³-hybridized carbons (Fsp3) is 0.0417. The van der Waals surface area contributed by atoms with Crippen molar-refractivity contribution < 1.29 is 0 Å². The molecule has 3 heterocycles. The molecular formula is C48H34BN3. The quantitative estimate of drug-likeness (QED) is 0.174. The molecule has 7 aromatic carbocycles. The summed E-state index contributed by atoms with van der Waals surface area (Å²) in [4.78, 5) is 7.46. The van der Waals surface area contributed by atoms with Crippen LogP contribution in [0.4, 0.5) is 45.5 Å². The lowest BCUT2D eigenvalue weighted by Gasteiger charge is -2.44.